The van der Waals surface area contributed by atoms with Gasteiger partial charge in [-0.15, -0.1) is 6.42 Å². The molecular formula is C5H5F2Os-. The van der Waals surface area contributed by atoms with Crippen LogP contribution in [0.2, 0.25) is 0 Å². The molecule has 0 N–H and O–H groups in total. The summed E-state index contributed by atoms with van der Waals surface area (Å²) in [4.78, 5) is 0. The molecule has 1 aliphatic rings. The zero-order valence-electron chi connectivity index (χ0n) is 4.05. The maximum atomic E-state index is 2.99. The third kappa shape index (κ3) is 5.98. The van der Waals surface area contributed by atoms with E-state index in [1.165, 1.54) is 0 Å². The Bertz CT molecular complexity index is 68.5. The van der Waals surface area contributed by atoms with Crippen LogP contribution in [-0.2, 0) is 19.8 Å². The molecule has 0 aromatic heterocycles. The van der Waals surface area contributed by atoms with Crippen molar-refractivity contribution in [2.75, 3.05) is 0 Å². The summed E-state index contributed by atoms with van der Waals surface area (Å²) in [6, 6.07) is 0. The summed E-state index contributed by atoms with van der Waals surface area (Å²) in [5, 5.41) is 0. The summed E-state index contributed by atoms with van der Waals surface area (Å²) in [5.41, 5.74) is 0. The van der Waals surface area contributed by atoms with Gasteiger partial charge in [0.1, 0.15) is 0 Å². The predicted molar refractivity (Wildman–Crippen MR) is 21.6 cm³/mol. The first-order valence-corrected chi connectivity index (χ1v) is 1.72. The van der Waals surface area contributed by atoms with Crippen LogP contribution in [0.1, 0.15) is 6.42 Å². The van der Waals surface area contributed by atoms with Gasteiger partial charge >= 0.3 is 19.8 Å². The topological polar surface area (TPSA) is 0 Å². The van der Waals surface area contributed by atoms with Gasteiger partial charge < -0.3 is 9.41 Å². The van der Waals surface area contributed by atoms with Crippen molar-refractivity contribution in [3.63, 3.8) is 0 Å². The number of hydrogen-bond donors (Lipinski definition) is 0. The summed E-state index contributed by atoms with van der Waals surface area (Å²) in [7, 11) is 0. The molecule has 0 aliphatic heterocycles. The minimum absolute atomic E-state index is 0. The van der Waals surface area contributed by atoms with E-state index in [9.17, 15) is 0 Å². The third-order valence-electron chi connectivity index (χ3n) is 0.586. The Labute approximate surface area is 60.5 Å². The van der Waals surface area contributed by atoms with E-state index in [0.29, 0.717) is 0 Å². The Morgan fingerprint density at radius 1 is 1.25 bits per heavy atom. The third-order valence-corrected chi connectivity index (χ3v) is 0.586. The molecule has 48 valence electrons. The second-order valence-corrected chi connectivity index (χ2v) is 1.00. The van der Waals surface area contributed by atoms with Crippen LogP contribution in [0.3, 0.4) is 0 Å². The number of rotatable bonds is 0. The van der Waals surface area contributed by atoms with Crippen molar-refractivity contribution in [2.45, 2.75) is 6.42 Å². The van der Waals surface area contributed by atoms with E-state index in [4.69, 9.17) is 0 Å². The minimum Gasteiger partial charge on any atom is -1.00 e. The van der Waals surface area contributed by atoms with Crippen molar-refractivity contribution >= 4 is 0 Å². The smallest absolute Gasteiger partial charge is 1.00 e. The molecule has 0 heterocycles. The first kappa shape index (κ1) is 15.7. The second-order valence-electron chi connectivity index (χ2n) is 1.00. The van der Waals surface area contributed by atoms with Crippen molar-refractivity contribution in [2.24, 2.45) is 0 Å². The van der Waals surface area contributed by atoms with Crippen molar-refractivity contribution in [1.82, 2.24) is 0 Å². The summed E-state index contributed by atoms with van der Waals surface area (Å²) in [6.07, 6.45) is 10.0. The second kappa shape index (κ2) is 10.1. The standard InChI is InChI=1S/C5H5.2FH.Os/c1-2-4-5-3-1;;;/h1-3H,4H2;2*1H;/q-1;;;+2/p-2. The SMILES string of the molecule is [C-]1=CC=CC1.[F-].[F-].[Os+2]. The Morgan fingerprint density at radius 2 is 1.88 bits per heavy atom. The Kier molecular flexibility index (Phi) is 19.7. The van der Waals surface area contributed by atoms with Crippen molar-refractivity contribution in [1.29, 1.82) is 0 Å². The van der Waals surface area contributed by atoms with Gasteiger partial charge in [-0.05, 0) is 0 Å². The van der Waals surface area contributed by atoms with E-state index in [1.807, 2.05) is 12.2 Å². The zero-order chi connectivity index (χ0) is 3.54. The summed E-state index contributed by atoms with van der Waals surface area (Å²) in [6.45, 7) is 0. The largest absolute Gasteiger partial charge is 2.00 e. The minimum atomic E-state index is 0. The molecule has 0 spiro atoms. The fraction of sp³-hybridized carbons (Fsp3) is 0.200. The molecule has 0 amide bonds. The average Bonchev–Trinajstić information content (AvgIpc) is 1.76. The van der Waals surface area contributed by atoms with Gasteiger partial charge in [0.15, 0.2) is 0 Å². The molecule has 0 aromatic carbocycles. The van der Waals surface area contributed by atoms with Gasteiger partial charge in [0.05, 0.1) is 0 Å². The maximum absolute atomic E-state index is 2.99. The number of hydrogen-bond acceptors (Lipinski definition) is 0. The molecule has 0 fully saturated rings. The molecule has 0 bridgehead atoms. The Morgan fingerprint density at radius 3 is 2.00 bits per heavy atom. The van der Waals surface area contributed by atoms with E-state index >= 15 is 0 Å². The number of allylic oxidation sites excluding steroid dienone is 4. The van der Waals surface area contributed by atoms with E-state index in [2.05, 4.69) is 12.2 Å². The van der Waals surface area contributed by atoms with Gasteiger partial charge in [-0.25, -0.2) is 12.2 Å². The van der Waals surface area contributed by atoms with Crippen molar-refractivity contribution < 1.29 is 29.2 Å². The van der Waals surface area contributed by atoms with Crippen LogP contribution in [0.5, 0.6) is 0 Å². The molecule has 0 unspecified atom stereocenters. The van der Waals surface area contributed by atoms with Crippen LogP contribution >= 0.6 is 0 Å². The first-order valence-electron chi connectivity index (χ1n) is 1.72. The van der Waals surface area contributed by atoms with Gasteiger partial charge in [-0.2, -0.15) is 6.08 Å². The first-order chi connectivity index (χ1) is 2.50. The van der Waals surface area contributed by atoms with Gasteiger partial charge in [0.25, 0.3) is 0 Å². The molecular weight excluding hydrogens is 288 g/mol. The van der Waals surface area contributed by atoms with Crippen LogP contribution in [-0.4, -0.2) is 0 Å². The van der Waals surface area contributed by atoms with E-state index in [-0.39, 0.29) is 29.2 Å². The molecule has 0 radical (unpaired) electrons. The Balaban J connectivity index is -0.0000000833. The molecule has 1 rings (SSSR count). The van der Waals surface area contributed by atoms with Gasteiger partial charge in [0, 0.05) is 0 Å². The molecule has 0 nitrogen and oxygen atoms in total. The van der Waals surface area contributed by atoms with Gasteiger partial charge in [-0.1, -0.05) is 0 Å². The fourth-order valence-electron chi connectivity index (χ4n) is 0.340. The average molecular weight is 293 g/mol. The normalized spacial score (nSPS) is 11.0. The van der Waals surface area contributed by atoms with Crippen LogP contribution < -0.4 is 9.41 Å². The van der Waals surface area contributed by atoms with E-state index in [1.54, 1.807) is 0 Å². The van der Waals surface area contributed by atoms with Crippen molar-refractivity contribution in [3.05, 3.63) is 24.3 Å². The molecule has 8 heavy (non-hydrogen) atoms. The summed E-state index contributed by atoms with van der Waals surface area (Å²) < 4.78 is 0. The van der Waals surface area contributed by atoms with E-state index < -0.39 is 0 Å². The van der Waals surface area contributed by atoms with Crippen LogP contribution in [0.4, 0.5) is 0 Å². The molecule has 1 aliphatic carbocycles. The summed E-state index contributed by atoms with van der Waals surface area (Å²) in [5.74, 6) is 0. The number of halogens is 2. The molecule has 0 aromatic rings. The monoisotopic (exact) mass is 295 g/mol. The van der Waals surface area contributed by atoms with Gasteiger partial charge in [-0.3, -0.25) is 6.08 Å². The Hall–Kier alpha value is -0.0236. The molecule has 3 heteroatoms. The van der Waals surface area contributed by atoms with Gasteiger partial charge in [0.2, 0.25) is 0 Å². The maximum Gasteiger partial charge on any atom is 2.00 e. The zero-order valence-corrected chi connectivity index (χ0v) is 6.59. The van der Waals surface area contributed by atoms with E-state index in [0.717, 1.165) is 6.42 Å². The molecule has 0 saturated heterocycles. The fourth-order valence-corrected chi connectivity index (χ4v) is 0.340. The summed E-state index contributed by atoms with van der Waals surface area (Å²) >= 11 is 0. The molecule has 0 saturated carbocycles. The van der Waals surface area contributed by atoms with Crippen LogP contribution in [0.25, 0.3) is 0 Å². The van der Waals surface area contributed by atoms with Crippen LogP contribution in [0.15, 0.2) is 18.2 Å². The van der Waals surface area contributed by atoms with Crippen LogP contribution in [0, 0.1) is 6.08 Å². The predicted octanol–water partition coefficient (Wildman–Crippen LogP) is -4.69. The quantitative estimate of drug-likeness (QED) is 0.394. The van der Waals surface area contributed by atoms with Crippen molar-refractivity contribution in [3.8, 4) is 0 Å². The molecule has 0 atom stereocenters.